The van der Waals surface area contributed by atoms with E-state index in [0.29, 0.717) is 16.7 Å². The number of hydrogen-bond donors (Lipinski definition) is 0. The van der Waals surface area contributed by atoms with Crippen molar-refractivity contribution in [3.63, 3.8) is 0 Å². The number of aryl methyl sites for hydroxylation is 1. The first kappa shape index (κ1) is 12.2. The highest BCUT2D eigenvalue weighted by Crippen LogP contribution is 2.14. The van der Waals surface area contributed by atoms with Crippen molar-refractivity contribution in [2.75, 3.05) is 0 Å². The summed E-state index contributed by atoms with van der Waals surface area (Å²) in [6, 6.07) is 14.3. The Bertz CT molecular complexity index is 595. The van der Waals surface area contributed by atoms with E-state index in [2.05, 4.69) is 0 Å². The fourth-order valence-electron chi connectivity index (χ4n) is 1.84. The fourth-order valence-corrected chi connectivity index (χ4v) is 1.84. The molecule has 0 aliphatic heterocycles. The van der Waals surface area contributed by atoms with Crippen molar-refractivity contribution in [3.05, 3.63) is 70.8 Å². The molecule has 0 unspecified atom stereocenters. The maximum Gasteiger partial charge on any atom is 0.193 e. The van der Waals surface area contributed by atoms with Gasteiger partial charge in [0, 0.05) is 16.7 Å². The van der Waals surface area contributed by atoms with Crippen LogP contribution in [0.2, 0.25) is 0 Å². The topological polar surface area (TPSA) is 34.1 Å². The fraction of sp³-hybridized carbons (Fsp3) is 0.125. The number of rotatable bonds is 3. The van der Waals surface area contributed by atoms with Gasteiger partial charge in [0.25, 0.3) is 0 Å². The average Bonchev–Trinajstić information content (AvgIpc) is 2.38. The molecule has 2 heteroatoms. The molecule has 0 aliphatic carbocycles. The van der Waals surface area contributed by atoms with Crippen LogP contribution in [0.3, 0.4) is 0 Å². The van der Waals surface area contributed by atoms with Crippen molar-refractivity contribution in [2.24, 2.45) is 0 Å². The van der Waals surface area contributed by atoms with E-state index in [9.17, 15) is 9.59 Å². The van der Waals surface area contributed by atoms with Gasteiger partial charge in [-0.15, -0.1) is 0 Å². The Morgan fingerprint density at radius 2 is 1.39 bits per heavy atom. The monoisotopic (exact) mass is 238 g/mol. The van der Waals surface area contributed by atoms with Crippen molar-refractivity contribution in [3.8, 4) is 0 Å². The number of carbonyl (C=O) groups excluding carboxylic acids is 2. The van der Waals surface area contributed by atoms with Gasteiger partial charge in [0.15, 0.2) is 11.6 Å². The molecule has 0 saturated carbocycles. The van der Waals surface area contributed by atoms with Crippen LogP contribution in [0, 0.1) is 6.92 Å². The largest absolute Gasteiger partial charge is 0.295 e. The Morgan fingerprint density at radius 1 is 0.833 bits per heavy atom. The summed E-state index contributed by atoms with van der Waals surface area (Å²) in [7, 11) is 0. The minimum Gasteiger partial charge on any atom is -0.295 e. The first-order valence-corrected chi connectivity index (χ1v) is 5.81. The first-order chi connectivity index (χ1) is 8.59. The van der Waals surface area contributed by atoms with Crippen LogP contribution in [0.5, 0.6) is 0 Å². The smallest absolute Gasteiger partial charge is 0.193 e. The normalized spacial score (nSPS) is 10.1. The lowest BCUT2D eigenvalue weighted by molar-refractivity contribution is 0.101. The Hall–Kier alpha value is -2.22. The molecule has 0 aliphatic rings. The van der Waals surface area contributed by atoms with E-state index < -0.39 is 0 Å². The highest BCUT2D eigenvalue weighted by atomic mass is 16.1. The van der Waals surface area contributed by atoms with Crippen LogP contribution < -0.4 is 0 Å². The molecule has 2 aromatic carbocycles. The highest BCUT2D eigenvalue weighted by Gasteiger charge is 2.11. The van der Waals surface area contributed by atoms with Gasteiger partial charge in [0.1, 0.15) is 0 Å². The minimum absolute atomic E-state index is 0.00453. The van der Waals surface area contributed by atoms with Crippen molar-refractivity contribution < 1.29 is 9.59 Å². The van der Waals surface area contributed by atoms with E-state index in [4.69, 9.17) is 0 Å². The molecule has 0 fully saturated rings. The lowest BCUT2D eigenvalue weighted by atomic mass is 9.98. The lowest BCUT2D eigenvalue weighted by Crippen LogP contribution is -2.04. The third-order valence-corrected chi connectivity index (χ3v) is 2.94. The summed E-state index contributed by atoms with van der Waals surface area (Å²) in [5, 5.41) is 0. The molecule has 0 N–H and O–H groups in total. The predicted molar refractivity (Wildman–Crippen MR) is 71.1 cm³/mol. The van der Waals surface area contributed by atoms with E-state index in [1.165, 1.54) is 6.92 Å². The summed E-state index contributed by atoms with van der Waals surface area (Å²) < 4.78 is 0. The molecule has 0 radical (unpaired) electrons. The molecular formula is C16H14O2. The Labute approximate surface area is 106 Å². The van der Waals surface area contributed by atoms with E-state index in [-0.39, 0.29) is 11.6 Å². The van der Waals surface area contributed by atoms with Crippen LogP contribution >= 0.6 is 0 Å². The molecule has 0 saturated heterocycles. The molecule has 0 aromatic heterocycles. The number of benzene rings is 2. The van der Waals surface area contributed by atoms with Gasteiger partial charge in [-0.25, -0.2) is 0 Å². The molecule has 0 amide bonds. The zero-order valence-corrected chi connectivity index (χ0v) is 10.4. The van der Waals surface area contributed by atoms with Crippen LogP contribution in [-0.4, -0.2) is 11.6 Å². The molecule has 0 spiro atoms. The second kappa shape index (κ2) is 4.96. The summed E-state index contributed by atoms with van der Waals surface area (Å²) >= 11 is 0. The van der Waals surface area contributed by atoms with Gasteiger partial charge in [-0.3, -0.25) is 9.59 Å². The van der Waals surface area contributed by atoms with Gasteiger partial charge >= 0.3 is 0 Å². The van der Waals surface area contributed by atoms with Crippen LogP contribution in [-0.2, 0) is 0 Å². The molecule has 90 valence electrons. The van der Waals surface area contributed by atoms with Gasteiger partial charge in [0.05, 0.1) is 0 Å². The lowest BCUT2D eigenvalue weighted by Gasteiger charge is -2.05. The summed E-state index contributed by atoms with van der Waals surface area (Å²) in [5.41, 5.74) is 2.89. The van der Waals surface area contributed by atoms with E-state index >= 15 is 0 Å². The van der Waals surface area contributed by atoms with Gasteiger partial charge in [0.2, 0.25) is 0 Å². The molecule has 2 nitrogen and oxygen atoms in total. The highest BCUT2D eigenvalue weighted by molar-refractivity contribution is 6.10. The molecule has 0 atom stereocenters. The summed E-state index contributed by atoms with van der Waals surface area (Å²) in [5.74, 6) is -0.00640. The Morgan fingerprint density at radius 3 is 1.94 bits per heavy atom. The first-order valence-electron chi connectivity index (χ1n) is 5.81. The van der Waals surface area contributed by atoms with E-state index in [1.54, 1.807) is 24.3 Å². The average molecular weight is 238 g/mol. The Balaban J connectivity index is 2.35. The van der Waals surface area contributed by atoms with Gasteiger partial charge in [-0.1, -0.05) is 48.5 Å². The molecule has 0 heterocycles. The zero-order chi connectivity index (χ0) is 13.1. The predicted octanol–water partition coefficient (Wildman–Crippen LogP) is 3.43. The maximum atomic E-state index is 12.3. The molecular weight excluding hydrogens is 224 g/mol. The molecule has 18 heavy (non-hydrogen) atoms. The quantitative estimate of drug-likeness (QED) is 0.768. The molecule has 2 aromatic rings. The standard InChI is InChI=1S/C16H14O2/c1-11-5-3-4-6-15(11)16(18)14-9-7-13(8-10-14)12(2)17/h3-10H,1-2H3. The van der Waals surface area contributed by atoms with E-state index in [1.807, 2.05) is 31.2 Å². The van der Waals surface area contributed by atoms with Gasteiger partial charge in [-0.2, -0.15) is 0 Å². The summed E-state index contributed by atoms with van der Waals surface area (Å²) in [4.78, 5) is 23.4. The number of carbonyl (C=O) groups is 2. The SMILES string of the molecule is CC(=O)c1ccc(C(=O)c2ccccc2C)cc1. The summed E-state index contributed by atoms with van der Waals surface area (Å²) in [6.45, 7) is 3.43. The van der Waals surface area contributed by atoms with Crippen molar-refractivity contribution in [2.45, 2.75) is 13.8 Å². The van der Waals surface area contributed by atoms with Crippen molar-refractivity contribution >= 4 is 11.6 Å². The van der Waals surface area contributed by atoms with Crippen LogP contribution in [0.1, 0.15) is 38.8 Å². The van der Waals surface area contributed by atoms with E-state index in [0.717, 1.165) is 5.56 Å². The second-order valence-corrected chi connectivity index (χ2v) is 4.28. The zero-order valence-electron chi connectivity index (χ0n) is 10.4. The summed E-state index contributed by atoms with van der Waals surface area (Å²) in [6.07, 6.45) is 0. The minimum atomic E-state index is -0.0109. The Kier molecular flexibility index (Phi) is 3.38. The van der Waals surface area contributed by atoms with Crippen LogP contribution in [0.15, 0.2) is 48.5 Å². The number of hydrogen-bond acceptors (Lipinski definition) is 2. The number of Topliss-reactive ketones (excluding diaryl/α,β-unsaturated/α-hetero) is 1. The van der Waals surface area contributed by atoms with Crippen LogP contribution in [0.4, 0.5) is 0 Å². The second-order valence-electron chi connectivity index (χ2n) is 4.28. The van der Waals surface area contributed by atoms with Crippen molar-refractivity contribution in [1.82, 2.24) is 0 Å². The van der Waals surface area contributed by atoms with Crippen molar-refractivity contribution in [1.29, 1.82) is 0 Å². The van der Waals surface area contributed by atoms with Gasteiger partial charge < -0.3 is 0 Å². The molecule has 2 rings (SSSR count). The maximum absolute atomic E-state index is 12.3. The third-order valence-electron chi connectivity index (χ3n) is 2.94. The van der Waals surface area contributed by atoms with Gasteiger partial charge in [-0.05, 0) is 19.4 Å². The van der Waals surface area contributed by atoms with Crippen LogP contribution in [0.25, 0.3) is 0 Å². The molecule has 0 bridgehead atoms. The number of ketones is 2. The third kappa shape index (κ3) is 2.38.